The Morgan fingerprint density at radius 3 is 2.26 bits per heavy atom. The van der Waals surface area contributed by atoms with Gasteiger partial charge in [-0.15, -0.1) is 0 Å². The Bertz CT molecular complexity index is 1970. The molecule has 2 aliphatic rings. The van der Waals surface area contributed by atoms with Crippen molar-refractivity contribution in [1.29, 1.82) is 0 Å². The zero-order valence-corrected chi connectivity index (χ0v) is 21.6. The van der Waals surface area contributed by atoms with Crippen molar-refractivity contribution in [2.75, 3.05) is 0 Å². The standard InChI is InChI=1S/C33H21N5S/c1-3-9-20(10-4-1)30-36-31(21-11-5-2-6-12-21)38-32(37-30)22-15-16-26-25(19-22)23-17-18-34-29-24-13-7-8-14-27(24)39-33(35-26)28(23)29/h1-19,30H,(H,36,37,38). The molecule has 6 aromatic rings. The van der Waals surface area contributed by atoms with Crippen molar-refractivity contribution < 1.29 is 0 Å². The number of nitrogens with one attached hydrogen (secondary N) is 1. The van der Waals surface area contributed by atoms with E-state index in [-0.39, 0.29) is 6.17 Å². The summed E-state index contributed by atoms with van der Waals surface area (Å²) in [6.45, 7) is 0. The van der Waals surface area contributed by atoms with Gasteiger partial charge in [-0.05, 0) is 41.3 Å². The molecular weight excluding hydrogens is 498 g/mol. The Balaban J connectivity index is 1.30. The van der Waals surface area contributed by atoms with Gasteiger partial charge in [-0.1, -0.05) is 90.6 Å². The molecule has 0 aliphatic carbocycles. The molecule has 0 fully saturated rings. The lowest BCUT2D eigenvalue weighted by Crippen LogP contribution is -2.36. The molecule has 0 amide bonds. The molecule has 2 aliphatic heterocycles. The first-order chi connectivity index (χ1) is 19.3. The Morgan fingerprint density at radius 2 is 1.41 bits per heavy atom. The average molecular weight is 520 g/mol. The van der Waals surface area contributed by atoms with E-state index in [0.29, 0.717) is 0 Å². The number of fused-ring (bicyclic) bond motifs is 4. The van der Waals surface area contributed by atoms with E-state index in [4.69, 9.17) is 20.0 Å². The number of amidine groups is 2. The lowest BCUT2D eigenvalue weighted by Gasteiger charge is -2.23. The number of nitrogens with zero attached hydrogens (tertiary/aromatic N) is 4. The SMILES string of the molecule is c1ccc(C2=NC(c3ccccc3)N=C(c3ccc4nc5c6c(nccc6c4c3)-c3ccccc3S5)N2)cc1. The van der Waals surface area contributed by atoms with Crippen LogP contribution in [0.25, 0.3) is 32.9 Å². The summed E-state index contributed by atoms with van der Waals surface area (Å²) in [5.74, 6) is 1.60. The minimum Gasteiger partial charge on any atom is -0.324 e. The third kappa shape index (κ3) is 3.72. The third-order valence-corrected chi connectivity index (χ3v) is 8.24. The van der Waals surface area contributed by atoms with Crippen molar-refractivity contribution in [2.45, 2.75) is 16.1 Å². The molecule has 0 radical (unpaired) electrons. The highest BCUT2D eigenvalue weighted by Gasteiger charge is 2.24. The van der Waals surface area contributed by atoms with Crippen LogP contribution in [0.15, 0.2) is 135 Å². The first kappa shape index (κ1) is 22.2. The molecule has 39 heavy (non-hydrogen) atoms. The quantitative estimate of drug-likeness (QED) is 0.247. The second-order valence-electron chi connectivity index (χ2n) is 9.56. The summed E-state index contributed by atoms with van der Waals surface area (Å²) in [5.41, 5.74) is 6.18. The van der Waals surface area contributed by atoms with Crippen molar-refractivity contribution >= 4 is 45.1 Å². The van der Waals surface area contributed by atoms with E-state index < -0.39 is 0 Å². The number of pyridine rings is 2. The average Bonchev–Trinajstić information content (AvgIpc) is 3.02. The van der Waals surface area contributed by atoms with Crippen LogP contribution in [0.3, 0.4) is 0 Å². The minimum atomic E-state index is -0.333. The molecular formula is C33H21N5S. The number of benzene rings is 4. The normalized spacial score (nSPS) is 15.8. The molecule has 2 aromatic heterocycles. The number of aliphatic imine (C=N–C) groups is 2. The molecule has 1 atom stereocenters. The molecule has 184 valence electrons. The fourth-order valence-corrected chi connectivity index (χ4v) is 6.39. The van der Waals surface area contributed by atoms with Gasteiger partial charge in [0.2, 0.25) is 0 Å². The largest absolute Gasteiger partial charge is 0.324 e. The number of rotatable bonds is 3. The van der Waals surface area contributed by atoms with Crippen LogP contribution < -0.4 is 5.32 Å². The van der Waals surface area contributed by atoms with Crippen LogP contribution in [0.5, 0.6) is 0 Å². The van der Waals surface area contributed by atoms with Gasteiger partial charge in [0.1, 0.15) is 16.7 Å². The summed E-state index contributed by atoms with van der Waals surface area (Å²) in [6, 6.07) is 37.3. The number of aromatic nitrogens is 2. The maximum absolute atomic E-state index is 5.08. The van der Waals surface area contributed by atoms with E-state index in [2.05, 4.69) is 78.1 Å². The molecule has 5 nitrogen and oxygen atoms in total. The van der Waals surface area contributed by atoms with Gasteiger partial charge in [-0.3, -0.25) is 4.98 Å². The summed E-state index contributed by atoms with van der Waals surface area (Å²) in [5, 5.41) is 7.86. The molecule has 8 rings (SSSR count). The maximum Gasteiger partial charge on any atom is 0.169 e. The highest BCUT2D eigenvalue weighted by molar-refractivity contribution is 7.99. The predicted molar refractivity (Wildman–Crippen MR) is 158 cm³/mol. The van der Waals surface area contributed by atoms with Gasteiger partial charge >= 0.3 is 0 Å². The fraction of sp³-hybridized carbons (Fsp3) is 0.0303. The zero-order valence-electron chi connectivity index (χ0n) is 20.7. The van der Waals surface area contributed by atoms with E-state index in [1.807, 2.05) is 42.6 Å². The molecule has 0 bridgehead atoms. The summed E-state index contributed by atoms with van der Waals surface area (Å²) >= 11 is 1.71. The van der Waals surface area contributed by atoms with Crippen molar-refractivity contribution in [3.8, 4) is 11.3 Å². The molecule has 0 saturated heterocycles. The van der Waals surface area contributed by atoms with Gasteiger partial charge in [-0.2, -0.15) is 0 Å². The molecule has 0 saturated carbocycles. The van der Waals surface area contributed by atoms with E-state index in [9.17, 15) is 0 Å². The van der Waals surface area contributed by atoms with Crippen LogP contribution in [0, 0.1) is 0 Å². The summed E-state index contributed by atoms with van der Waals surface area (Å²) in [6.07, 6.45) is 1.57. The Morgan fingerprint density at radius 1 is 0.667 bits per heavy atom. The van der Waals surface area contributed by atoms with Crippen molar-refractivity contribution in [1.82, 2.24) is 15.3 Å². The molecule has 4 aromatic carbocycles. The predicted octanol–water partition coefficient (Wildman–Crippen LogP) is 7.41. The highest BCUT2D eigenvalue weighted by atomic mass is 32.2. The second-order valence-corrected chi connectivity index (χ2v) is 10.6. The Hall–Kier alpha value is -4.81. The summed E-state index contributed by atoms with van der Waals surface area (Å²) < 4.78 is 0. The fourth-order valence-electron chi connectivity index (χ4n) is 5.31. The zero-order chi connectivity index (χ0) is 25.8. The first-order valence-electron chi connectivity index (χ1n) is 12.8. The molecule has 6 heteroatoms. The number of hydrogen-bond donors (Lipinski definition) is 1. The number of hydrogen-bond acceptors (Lipinski definition) is 6. The van der Waals surface area contributed by atoms with Crippen molar-refractivity contribution in [3.63, 3.8) is 0 Å². The van der Waals surface area contributed by atoms with Gasteiger partial charge in [0.25, 0.3) is 0 Å². The Kier molecular flexibility index (Phi) is 5.06. The minimum absolute atomic E-state index is 0.333. The lowest BCUT2D eigenvalue weighted by atomic mass is 10.00. The Labute approximate surface area is 229 Å². The molecule has 0 spiro atoms. The van der Waals surface area contributed by atoms with Gasteiger partial charge in [0, 0.05) is 38.6 Å². The van der Waals surface area contributed by atoms with E-state index >= 15 is 0 Å². The third-order valence-electron chi connectivity index (χ3n) is 7.18. The van der Waals surface area contributed by atoms with Gasteiger partial charge in [-0.25, -0.2) is 15.0 Å². The molecule has 4 heterocycles. The molecule has 1 N–H and O–H groups in total. The highest BCUT2D eigenvalue weighted by Crippen LogP contribution is 2.47. The van der Waals surface area contributed by atoms with E-state index in [0.717, 1.165) is 66.3 Å². The molecule has 1 unspecified atom stereocenters. The van der Waals surface area contributed by atoms with E-state index in [1.54, 1.807) is 11.8 Å². The van der Waals surface area contributed by atoms with Crippen LogP contribution in [0.1, 0.15) is 22.9 Å². The van der Waals surface area contributed by atoms with Crippen LogP contribution in [0.4, 0.5) is 0 Å². The van der Waals surface area contributed by atoms with Crippen molar-refractivity contribution in [3.05, 3.63) is 132 Å². The summed E-state index contributed by atoms with van der Waals surface area (Å²) in [7, 11) is 0. The first-order valence-corrected chi connectivity index (χ1v) is 13.7. The van der Waals surface area contributed by atoms with Crippen LogP contribution in [-0.2, 0) is 0 Å². The van der Waals surface area contributed by atoms with Crippen LogP contribution in [-0.4, -0.2) is 21.6 Å². The summed E-state index contributed by atoms with van der Waals surface area (Å²) in [4.78, 5) is 21.1. The van der Waals surface area contributed by atoms with E-state index in [1.165, 1.54) is 4.90 Å². The topological polar surface area (TPSA) is 62.5 Å². The van der Waals surface area contributed by atoms with Crippen molar-refractivity contribution in [2.24, 2.45) is 9.98 Å². The smallest absolute Gasteiger partial charge is 0.169 e. The monoisotopic (exact) mass is 519 g/mol. The second kappa shape index (κ2) is 8.89. The maximum atomic E-state index is 5.08. The van der Waals surface area contributed by atoms with Crippen LogP contribution in [0.2, 0.25) is 0 Å². The van der Waals surface area contributed by atoms with Gasteiger partial charge in [0.15, 0.2) is 6.17 Å². The van der Waals surface area contributed by atoms with Crippen LogP contribution >= 0.6 is 11.8 Å². The van der Waals surface area contributed by atoms with Gasteiger partial charge in [0.05, 0.1) is 11.2 Å². The van der Waals surface area contributed by atoms with Gasteiger partial charge < -0.3 is 5.32 Å². The lowest BCUT2D eigenvalue weighted by molar-refractivity contribution is 0.756.